The molecule has 0 saturated carbocycles. The van der Waals surface area contributed by atoms with Gasteiger partial charge in [0.1, 0.15) is 11.5 Å². The summed E-state index contributed by atoms with van der Waals surface area (Å²) in [5.41, 5.74) is 0.566. The molecule has 1 aliphatic rings. The molecule has 1 N–H and O–H groups in total. The second-order valence-electron chi connectivity index (χ2n) is 5.60. The summed E-state index contributed by atoms with van der Waals surface area (Å²) in [6, 6.07) is 5.00. The van der Waals surface area contributed by atoms with E-state index >= 15 is 0 Å². The zero-order chi connectivity index (χ0) is 15.4. The van der Waals surface area contributed by atoms with Crippen LogP contribution >= 0.6 is 0 Å². The molecule has 2 rings (SSSR count). The highest BCUT2D eigenvalue weighted by atomic mass is 16.5. The van der Waals surface area contributed by atoms with Crippen LogP contribution < -0.4 is 14.8 Å². The third kappa shape index (κ3) is 3.97. The van der Waals surface area contributed by atoms with Gasteiger partial charge < -0.3 is 14.8 Å². The molecule has 1 heterocycles. The highest BCUT2D eigenvalue weighted by molar-refractivity contribution is 6.02. The van der Waals surface area contributed by atoms with Gasteiger partial charge in [0.2, 0.25) is 5.78 Å². The van der Waals surface area contributed by atoms with Crippen molar-refractivity contribution in [1.82, 2.24) is 5.32 Å². The lowest BCUT2D eigenvalue weighted by atomic mass is 10.1. The molecule has 1 aromatic carbocycles. The summed E-state index contributed by atoms with van der Waals surface area (Å²) < 4.78 is 10.8. The summed E-state index contributed by atoms with van der Waals surface area (Å²) in [6.45, 7) is 6.63. The number of hydrogen-bond acceptors (Lipinski definition) is 4. The third-order valence-corrected chi connectivity index (χ3v) is 3.32. The van der Waals surface area contributed by atoms with Gasteiger partial charge in [-0.25, -0.2) is 0 Å². The number of rotatable bonds is 6. The van der Waals surface area contributed by atoms with Gasteiger partial charge in [0.15, 0.2) is 12.7 Å². The number of nitrogens with one attached hydrogen (secondary N) is 1. The SMILES string of the molecule is CC(C)CCNC(=O)C(C)Oc1ccc2c(c1)OCC2=O. The fourth-order valence-corrected chi connectivity index (χ4v) is 2.03. The standard InChI is InChI=1S/C16H21NO4/c1-10(2)6-7-17-16(19)11(3)21-12-4-5-13-14(18)9-20-15(13)8-12/h4-5,8,10-11H,6-7,9H2,1-3H3,(H,17,19). The monoisotopic (exact) mass is 291 g/mol. The summed E-state index contributed by atoms with van der Waals surface area (Å²) in [4.78, 5) is 23.3. The van der Waals surface area contributed by atoms with Gasteiger partial charge in [-0.1, -0.05) is 13.8 Å². The Bertz CT molecular complexity index is 539. The Balaban J connectivity index is 1.89. The zero-order valence-corrected chi connectivity index (χ0v) is 12.6. The van der Waals surface area contributed by atoms with Gasteiger partial charge in [-0.3, -0.25) is 9.59 Å². The van der Waals surface area contributed by atoms with Crippen LogP contribution in [-0.2, 0) is 4.79 Å². The number of amides is 1. The molecule has 0 bridgehead atoms. The van der Waals surface area contributed by atoms with Gasteiger partial charge in [0.05, 0.1) is 5.56 Å². The second kappa shape index (κ2) is 6.61. The molecule has 1 aliphatic heterocycles. The third-order valence-electron chi connectivity index (χ3n) is 3.32. The van der Waals surface area contributed by atoms with E-state index in [0.29, 0.717) is 29.5 Å². The first-order valence-corrected chi connectivity index (χ1v) is 7.21. The van der Waals surface area contributed by atoms with Crippen LogP contribution in [0.5, 0.6) is 11.5 Å². The number of carbonyl (C=O) groups excluding carboxylic acids is 2. The first-order valence-electron chi connectivity index (χ1n) is 7.21. The average Bonchev–Trinajstić information content (AvgIpc) is 2.79. The van der Waals surface area contributed by atoms with Crippen molar-refractivity contribution in [3.63, 3.8) is 0 Å². The van der Waals surface area contributed by atoms with Gasteiger partial charge in [0.25, 0.3) is 5.91 Å². The molecule has 1 unspecified atom stereocenters. The molecular weight excluding hydrogens is 270 g/mol. The minimum absolute atomic E-state index is 0.0315. The summed E-state index contributed by atoms with van der Waals surface area (Å²) in [5.74, 6) is 1.41. The van der Waals surface area contributed by atoms with Crippen molar-refractivity contribution < 1.29 is 19.1 Å². The highest BCUT2D eigenvalue weighted by Gasteiger charge is 2.22. The van der Waals surface area contributed by atoms with E-state index in [1.165, 1.54) is 0 Å². The predicted octanol–water partition coefficient (Wildman–Crippen LogP) is 2.19. The van der Waals surface area contributed by atoms with Crippen LogP contribution in [0.2, 0.25) is 0 Å². The Kier molecular flexibility index (Phi) is 4.83. The lowest BCUT2D eigenvalue weighted by molar-refractivity contribution is -0.127. The van der Waals surface area contributed by atoms with Crippen LogP contribution in [0, 0.1) is 5.92 Å². The summed E-state index contributed by atoms with van der Waals surface area (Å²) in [7, 11) is 0. The molecule has 1 aromatic rings. The molecule has 0 aliphatic carbocycles. The van der Waals surface area contributed by atoms with Crippen molar-refractivity contribution in [3.8, 4) is 11.5 Å². The molecule has 5 heteroatoms. The molecule has 5 nitrogen and oxygen atoms in total. The maximum Gasteiger partial charge on any atom is 0.260 e. The van der Waals surface area contributed by atoms with E-state index in [4.69, 9.17) is 9.47 Å². The molecule has 0 radical (unpaired) electrons. The number of Topliss-reactive ketones (excluding diaryl/α,β-unsaturated/α-hetero) is 1. The van der Waals surface area contributed by atoms with E-state index in [0.717, 1.165) is 6.42 Å². The number of ether oxygens (including phenoxy) is 2. The van der Waals surface area contributed by atoms with Gasteiger partial charge >= 0.3 is 0 Å². The number of carbonyl (C=O) groups is 2. The molecular formula is C16H21NO4. The summed E-state index contributed by atoms with van der Waals surface area (Å²) in [5, 5.41) is 2.84. The van der Waals surface area contributed by atoms with Crippen LogP contribution in [0.4, 0.5) is 0 Å². The maximum atomic E-state index is 11.9. The van der Waals surface area contributed by atoms with Crippen LogP contribution in [0.1, 0.15) is 37.6 Å². The molecule has 1 amide bonds. The average molecular weight is 291 g/mol. The normalized spacial score (nSPS) is 14.6. The molecule has 1 atom stereocenters. The first-order chi connectivity index (χ1) is 9.97. The van der Waals surface area contributed by atoms with Gasteiger partial charge in [-0.2, -0.15) is 0 Å². The summed E-state index contributed by atoms with van der Waals surface area (Å²) in [6.07, 6.45) is 0.347. The zero-order valence-electron chi connectivity index (χ0n) is 12.6. The second-order valence-corrected chi connectivity index (χ2v) is 5.60. The predicted molar refractivity (Wildman–Crippen MR) is 78.8 cm³/mol. The minimum Gasteiger partial charge on any atom is -0.485 e. The van der Waals surface area contributed by atoms with Crippen molar-refractivity contribution in [2.24, 2.45) is 5.92 Å². The molecule has 21 heavy (non-hydrogen) atoms. The van der Waals surface area contributed by atoms with Crippen LogP contribution in [0.25, 0.3) is 0 Å². The summed E-state index contributed by atoms with van der Waals surface area (Å²) >= 11 is 0. The fraction of sp³-hybridized carbons (Fsp3) is 0.500. The van der Waals surface area contributed by atoms with Crippen LogP contribution in [0.3, 0.4) is 0 Å². The van der Waals surface area contributed by atoms with Gasteiger partial charge in [0, 0.05) is 12.6 Å². The molecule has 0 fully saturated rings. The van der Waals surface area contributed by atoms with Gasteiger partial charge in [-0.05, 0) is 31.4 Å². The maximum absolute atomic E-state index is 11.9. The Hall–Kier alpha value is -2.04. The van der Waals surface area contributed by atoms with E-state index in [2.05, 4.69) is 19.2 Å². The Labute approximate surface area is 124 Å². The quantitative estimate of drug-likeness (QED) is 0.872. The number of hydrogen-bond donors (Lipinski definition) is 1. The number of ketones is 1. The lowest BCUT2D eigenvalue weighted by Gasteiger charge is -2.15. The van der Waals surface area contributed by atoms with Crippen molar-refractivity contribution in [3.05, 3.63) is 23.8 Å². The van der Waals surface area contributed by atoms with Crippen molar-refractivity contribution in [2.45, 2.75) is 33.3 Å². The van der Waals surface area contributed by atoms with E-state index in [9.17, 15) is 9.59 Å². The largest absolute Gasteiger partial charge is 0.485 e. The van der Waals surface area contributed by atoms with Crippen LogP contribution in [0.15, 0.2) is 18.2 Å². The number of fused-ring (bicyclic) bond motifs is 1. The number of benzene rings is 1. The fourth-order valence-electron chi connectivity index (χ4n) is 2.03. The minimum atomic E-state index is -0.590. The molecule has 0 saturated heterocycles. The Morgan fingerprint density at radius 1 is 1.38 bits per heavy atom. The van der Waals surface area contributed by atoms with Crippen LogP contribution in [-0.4, -0.2) is 30.9 Å². The van der Waals surface area contributed by atoms with Crippen molar-refractivity contribution in [2.75, 3.05) is 13.2 Å². The molecule has 0 spiro atoms. The van der Waals surface area contributed by atoms with E-state index in [1.807, 2.05) is 0 Å². The molecule has 114 valence electrons. The van der Waals surface area contributed by atoms with E-state index < -0.39 is 6.10 Å². The van der Waals surface area contributed by atoms with Crippen molar-refractivity contribution in [1.29, 1.82) is 0 Å². The smallest absolute Gasteiger partial charge is 0.260 e. The van der Waals surface area contributed by atoms with E-state index in [1.54, 1.807) is 25.1 Å². The first kappa shape index (κ1) is 15.4. The Morgan fingerprint density at radius 2 is 2.14 bits per heavy atom. The Morgan fingerprint density at radius 3 is 2.86 bits per heavy atom. The van der Waals surface area contributed by atoms with Gasteiger partial charge in [-0.15, -0.1) is 0 Å². The lowest BCUT2D eigenvalue weighted by Crippen LogP contribution is -2.37. The topological polar surface area (TPSA) is 64.6 Å². The molecule has 0 aromatic heterocycles. The van der Waals surface area contributed by atoms with Crippen molar-refractivity contribution >= 4 is 11.7 Å². The van der Waals surface area contributed by atoms with E-state index in [-0.39, 0.29) is 18.3 Å². The highest BCUT2D eigenvalue weighted by Crippen LogP contribution is 2.29.